The summed E-state index contributed by atoms with van der Waals surface area (Å²) in [6, 6.07) is 0. The lowest BCUT2D eigenvalue weighted by Gasteiger charge is -2.10. The molecule has 0 aliphatic heterocycles. The first-order valence-electron chi connectivity index (χ1n) is 3.67. The van der Waals surface area contributed by atoms with Crippen molar-refractivity contribution in [3.8, 4) is 0 Å². The van der Waals surface area contributed by atoms with Gasteiger partial charge in [-0.25, -0.2) is 0 Å². The van der Waals surface area contributed by atoms with Crippen LogP contribution in [0.5, 0.6) is 0 Å². The zero-order valence-electron chi connectivity index (χ0n) is 6.16. The molecule has 0 rings (SSSR count). The molecule has 0 saturated carbocycles. The van der Waals surface area contributed by atoms with Crippen LogP contribution in [0.25, 0.3) is 0 Å². The zero-order chi connectivity index (χ0) is 7.82. The Kier molecular flexibility index (Phi) is 9.01. The second-order valence-electron chi connectivity index (χ2n) is 2.43. The molecule has 0 aromatic heterocycles. The molecule has 0 heterocycles. The Morgan fingerprint density at radius 2 is 1.60 bits per heavy atom. The minimum Gasteiger partial charge on any atom is -0.179 e. The molecule has 0 amide bonds. The van der Waals surface area contributed by atoms with E-state index in [1.54, 1.807) is 0 Å². The highest BCUT2D eigenvalue weighted by Gasteiger charge is 2.03. The van der Waals surface area contributed by atoms with Gasteiger partial charge in [-0.05, 0) is 42.4 Å². The Hall–Kier alpha value is 1.05. The van der Waals surface area contributed by atoms with E-state index in [0.717, 1.165) is 23.2 Å². The largest absolute Gasteiger partial charge is 0.179 e. The molecule has 0 fully saturated rings. The van der Waals surface area contributed by atoms with Gasteiger partial charge in [0, 0.05) is 0 Å². The van der Waals surface area contributed by atoms with Crippen molar-refractivity contribution in [2.75, 3.05) is 17.3 Å². The molecule has 0 N–H and O–H groups in total. The first-order chi connectivity index (χ1) is 4.85. The molecule has 0 bridgehead atoms. The lowest BCUT2D eigenvalue weighted by Crippen LogP contribution is -2.03. The molecule has 0 saturated heterocycles. The fraction of sp³-hybridized carbons (Fsp3) is 1.00. The van der Waals surface area contributed by atoms with Gasteiger partial charge in [0.05, 0.1) is 0 Å². The molecular weight excluding hydrogens is 180 g/mol. The van der Waals surface area contributed by atoms with Gasteiger partial charge >= 0.3 is 0 Å². The Bertz CT molecular complexity index is 65.9. The van der Waals surface area contributed by atoms with Crippen molar-refractivity contribution in [2.24, 2.45) is 5.92 Å². The molecule has 1 unspecified atom stereocenters. The summed E-state index contributed by atoms with van der Waals surface area (Å²) in [6.45, 7) is 0. The van der Waals surface area contributed by atoms with E-state index in [1.807, 2.05) is 0 Å². The monoisotopic (exact) mass is 196 g/mol. The summed E-state index contributed by atoms with van der Waals surface area (Å²) in [4.78, 5) is 0. The quantitative estimate of drug-likeness (QED) is 0.534. The maximum absolute atomic E-state index is 4.26. The van der Waals surface area contributed by atoms with E-state index in [4.69, 9.17) is 0 Å². The second-order valence-corrected chi connectivity index (χ2v) is 3.69. The maximum Gasteiger partial charge on any atom is -0.00692 e. The molecule has 62 valence electrons. The Morgan fingerprint density at radius 3 is 2.00 bits per heavy atom. The van der Waals surface area contributed by atoms with Crippen molar-refractivity contribution in [3.05, 3.63) is 0 Å². The van der Waals surface area contributed by atoms with Gasteiger partial charge in [-0.15, -0.1) is 0 Å². The van der Waals surface area contributed by atoms with E-state index in [2.05, 4.69) is 37.9 Å². The van der Waals surface area contributed by atoms with Crippen molar-refractivity contribution < 1.29 is 0 Å². The van der Waals surface area contributed by atoms with Crippen LogP contribution < -0.4 is 0 Å². The van der Waals surface area contributed by atoms with Crippen LogP contribution in [0.4, 0.5) is 0 Å². The SMILES string of the molecule is SCCCC(CS)CCS. The summed E-state index contributed by atoms with van der Waals surface area (Å²) < 4.78 is 0. The van der Waals surface area contributed by atoms with Crippen molar-refractivity contribution >= 4 is 37.9 Å². The molecule has 0 aromatic rings. The van der Waals surface area contributed by atoms with Gasteiger partial charge in [0.2, 0.25) is 0 Å². The van der Waals surface area contributed by atoms with Crippen molar-refractivity contribution in [1.29, 1.82) is 0 Å². The second kappa shape index (κ2) is 8.15. The summed E-state index contributed by atoms with van der Waals surface area (Å²) in [5.74, 6) is 3.73. The minimum atomic E-state index is 0.757. The molecular formula is C7H16S3. The molecule has 0 aliphatic carbocycles. The van der Waals surface area contributed by atoms with E-state index in [9.17, 15) is 0 Å². The highest BCUT2D eigenvalue weighted by atomic mass is 32.1. The van der Waals surface area contributed by atoms with E-state index < -0.39 is 0 Å². The average Bonchev–Trinajstić information content (AvgIpc) is 1.98. The summed E-state index contributed by atoms with van der Waals surface area (Å²) in [7, 11) is 0. The molecule has 3 heteroatoms. The molecule has 0 spiro atoms. The third-order valence-electron chi connectivity index (χ3n) is 1.57. The molecule has 1 atom stereocenters. The fourth-order valence-electron chi connectivity index (χ4n) is 0.889. The lowest BCUT2D eigenvalue weighted by molar-refractivity contribution is 0.525. The third-order valence-corrected chi connectivity index (χ3v) is 2.66. The highest BCUT2D eigenvalue weighted by molar-refractivity contribution is 7.80. The van der Waals surface area contributed by atoms with E-state index in [1.165, 1.54) is 19.3 Å². The number of hydrogen-bond donors (Lipinski definition) is 3. The normalized spacial score (nSPS) is 13.5. The Morgan fingerprint density at radius 1 is 0.900 bits per heavy atom. The third kappa shape index (κ3) is 5.81. The van der Waals surface area contributed by atoms with Crippen LogP contribution in [0.3, 0.4) is 0 Å². The predicted molar refractivity (Wildman–Crippen MR) is 58.9 cm³/mol. The van der Waals surface area contributed by atoms with Crippen LogP contribution in [0.15, 0.2) is 0 Å². The number of hydrogen-bond acceptors (Lipinski definition) is 3. The zero-order valence-corrected chi connectivity index (χ0v) is 8.84. The van der Waals surface area contributed by atoms with Gasteiger partial charge in [0.15, 0.2) is 0 Å². The number of thiol groups is 3. The summed E-state index contributed by atoms with van der Waals surface area (Å²) in [5, 5.41) is 0. The Balaban J connectivity index is 3.21. The molecule has 0 aliphatic rings. The first-order valence-corrected chi connectivity index (χ1v) is 5.57. The number of rotatable bonds is 6. The Labute approximate surface area is 80.4 Å². The molecule has 0 nitrogen and oxygen atoms in total. The van der Waals surface area contributed by atoms with Crippen LogP contribution in [0.2, 0.25) is 0 Å². The topological polar surface area (TPSA) is 0 Å². The average molecular weight is 196 g/mol. The van der Waals surface area contributed by atoms with Crippen LogP contribution in [0, 0.1) is 5.92 Å². The van der Waals surface area contributed by atoms with Gasteiger partial charge in [-0.3, -0.25) is 0 Å². The lowest BCUT2D eigenvalue weighted by atomic mass is 10.0. The van der Waals surface area contributed by atoms with Gasteiger partial charge < -0.3 is 0 Å². The standard InChI is InChI=1S/C7H16S3/c8-4-1-2-7(6-10)3-5-9/h7-10H,1-6H2. The van der Waals surface area contributed by atoms with Gasteiger partial charge in [-0.1, -0.05) is 0 Å². The summed E-state index contributed by atoms with van der Waals surface area (Å²) >= 11 is 12.6. The van der Waals surface area contributed by atoms with Crippen LogP contribution >= 0.6 is 37.9 Å². The van der Waals surface area contributed by atoms with Gasteiger partial charge in [-0.2, -0.15) is 37.9 Å². The van der Waals surface area contributed by atoms with Crippen LogP contribution in [-0.4, -0.2) is 17.3 Å². The summed E-state index contributed by atoms with van der Waals surface area (Å²) in [6.07, 6.45) is 3.66. The van der Waals surface area contributed by atoms with Crippen LogP contribution in [-0.2, 0) is 0 Å². The van der Waals surface area contributed by atoms with E-state index >= 15 is 0 Å². The van der Waals surface area contributed by atoms with Crippen molar-refractivity contribution in [1.82, 2.24) is 0 Å². The summed E-state index contributed by atoms with van der Waals surface area (Å²) in [5.41, 5.74) is 0. The smallest absolute Gasteiger partial charge is 0.00692 e. The predicted octanol–water partition coefficient (Wildman–Crippen LogP) is 2.56. The van der Waals surface area contributed by atoms with Crippen molar-refractivity contribution in [2.45, 2.75) is 19.3 Å². The van der Waals surface area contributed by atoms with E-state index in [0.29, 0.717) is 0 Å². The molecule has 0 aromatic carbocycles. The maximum atomic E-state index is 4.26. The first kappa shape index (κ1) is 11.1. The molecule has 10 heavy (non-hydrogen) atoms. The highest BCUT2D eigenvalue weighted by Crippen LogP contribution is 2.13. The minimum absolute atomic E-state index is 0.757. The van der Waals surface area contributed by atoms with Gasteiger partial charge in [0.1, 0.15) is 0 Å². The van der Waals surface area contributed by atoms with E-state index in [-0.39, 0.29) is 0 Å². The van der Waals surface area contributed by atoms with Crippen molar-refractivity contribution in [3.63, 3.8) is 0 Å². The fourth-order valence-corrected chi connectivity index (χ4v) is 1.80. The van der Waals surface area contributed by atoms with Gasteiger partial charge in [0.25, 0.3) is 0 Å². The molecule has 0 radical (unpaired) electrons. The van der Waals surface area contributed by atoms with Crippen LogP contribution in [0.1, 0.15) is 19.3 Å².